The SMILES string of the molecule is O=C(/C=C/N1CCCC1)c1cn(Cc2ccccc2)c2ccccc12. The van der Waals surface area contributed by atoms with Gasteiger partial charge in [0.25, 0.3) is 0 Å². The summed E-state index contributed by atoms with van der Waals surface area (Å²) in [5, 5.41) is 1.02. The predicted octanol–water partition coefficient (Wildman–Crippen LogP) is 4.48. The number of allylic oxidation sites excluding steroid dienone is 1. The van der Waals surface area contributed by atoms with Crippen molar-refractivity contribution in [3.63, 3.8) is 0 Å². The van der Waals surface area contributed by atoms with Crippen molar-refractivity contribution < 1.29 is 4.79 Å². The first-order valence-electron chi connectivity index (χ1n) is 8.90. The molecule has 0 N–H and O–H groups in total. The number of hydrogen-bond acceptors (Lipinski definition) is 2. The zero-order valence-electron chi connectivity index (χ0n) is 14.3. The van der Waals surface area contributed by atoms with E-state index in [1.165, 1.54) is 18.4 Å². The number of likely N-dealkylation sites (tertiary alicyclic amines) is 1. The second-order valence-electron chi connectivity index (χ2n) is 6.60. The van der Waals surface area contributed by atoms with E-state index in [2.05, 4.69) is 27.7 Å². The Morgan fingerprint density at radius 1 is 0.960 bits per heavy atom. The normalized spacial score (nSPS) is 14.6. The largest absolute Gasteiger partial charge is 0.377 e. The van der Waals surface area contributed by atoms with Gasteiger partial charge in [0.05, 0.1) is 0 Å². The van der Waals surface area contributed by atoms with Gasteiger partial charge in [-0.3, -0.25) is 4.79 Å². The van der Waals surface area contributed by atoms with Crippen LogP contribution in [0.2, 0.25) is 0 Å². The molecule has 2 heterocycles. The zero-order chi connectivity index (χ0) is 17.1. The van der Waals surface area contributed by atoms with Gasteiger partial charge in [0.1, 0.15) is 0 Å². The van der Waals surface area contributed by atoms with Crippen LogP contribution in [0.5, 0.6) is 0 Å². The number of nitrogens with zero attached hydrogens (tertiary/aromatic N) is 2. The number of carbonyl (C=O) groups is 1. The summed E-state index contributed by atoms with van der Waals surface area (Å²) in [4.78, 5) is 15.0. The number of aromatic nitrogens is 1. The molecule has 0 aliphatic carbocycles. The summed E-state index contributed by atoms with van der Waals surface area (Å²) in [5.74, 6) is 0.0786. The molecule has 3 heteroatoms. The number of rotatable bonds is 5. The van der Waals surface area contributed by atoms with Gasteiger partial charge >= 0.3 is 0 Å². The topological polar surface area (TPSA) is 25.2 Å². The summed E-state index contributed by atoms with van der Waals surface area (Å²) in [6.07, 6.45) is 8.11. The van der Waals surface area contributed by atoms with Crippen LogP contribution in [0.3, 0.4) is 0 Å². The van der Waals surface area contributed by atoms with Crippen LogP contribution < -0.4 is 0 Å². The van der Waals surface area contributed by atoms with E-state index in [4.69, 9.17) is 0 Å². The van der Waals surface area contributed by atoms with E-state index in [1.54, 1.807) is 6.08 Å². The van der Waals surface area contributed by atoms with Crippen LogP contribution in [0.25, 0.3) is 10.9 Å². The van der Waals surface area contributed by atoms with Crippen molar-refractivity contribution in [2.75, 3.05) is 13.1 Å². The molecular weight excluding hydrogens is 308 g/mol. The van der Waals surface area contributed by atoms with Crippen LogP contribution in [-0.2, 0) is 6.54 Å². The van der Waals surface area contributed by atoms with Crippen molar-refractivity contribution >= 4 is 16.7 Å². The van der Waals surface area contributed by atoms with Crippen molar-refractivity contribution in [1.82, 2.24) is 9.47 Å². The maximum atomic E-state index is 12.8. The van der Waals surface area contributed by atoms with Gasteiger partial charge in [-0.25, -0.2) is 0 Å². The van der Waals surface area contributed by atoms with Gasteiger partial charge in [-0.05, 0) is 24.5 Å². The summed E-state index contributed by atoms with van der Waals surface area (Å²) in [6, 6.07) is 18.5. The van der Waals surface area contributed by atoms with Gasteiger partial charge in [-0.15, -0.1) is 0 Å². The first-order chi connectivity index (χ1) is 12.3. The summed E-state index contributed by atoms with van der Waals surface area (Å²) < 4.78 is 2.17. The molecule has 0 radical (unpaired) electrons. The Kier molecular flexibility index (Phi) is 4.38. The molecule has 0 unspecified atom stereocenters. The van der Waals surface area contributed by atoms with E-state index in [0.717, 1.165) is 36.1 Å². The summed E-state index contributed by atoms with van der Waals surface area (Å²) in [7, 11) is 0. The van der Waals surface area contributed by atoms with Gasteiger partial charge < -0.3 is 9.47 Å². The van der Waals surface area contributed by atoms with Crippen LogP contribution in [0.4, 0.5) is 0 Å². The molecule has 25 heavy (non-hydrogen) atoms. The fourth-order valence-electron chi connectivity index (χ4n) is 3.51. The van der Waals surface area contributed by atoms with E-state index >= 15 is 0 Å². The molecule has 0 amide bonds. The highest BCUT2D eigenvalue weighted by molar-refractivity contribution is 6.13. The Morgan fingerprint density at radius 2 is 1.68 bits per heavy atom. The summed E-state index contributed by atoms with van der Waals surface area (Å²) in [5.41, 5.74) is 3.11. The predicted molar refractivity (Wildman–Crippen MR) is 102 cm³/mol. The van der Waals surface area contributed by atoms with Crippen molar-refractivity contribution in [3.8, 4) is 0 Å². The van der Waals surface area contributed by atoms with Crippen LogP contribution in [0.1, 0.15) is 28.8 Å². The third kappa shape index (κ3) is 3.36. The van der Waals surface area contributed by atoms with Gasteiger partial charge in [-0.2, -0.15) is 0 Å². The lowest BCUT2D eigenvalue weighted by Gasteiger charge is -2.09. The maximum Gasteiger partial charge on any atom is 0.189 e. The molecule has 3 aromatic rings. The molecule has 1 aliphatic heterocycles. The van der Waals surface area contributed by atoms with E-state index in [1.807, 2.05) is 48.8 Å². The minimum Gasteiger partial charge on any atom is -0.377 e. The Balaban J connectivity index is 1.65. The standard InChI is InChI=1S/C22H22N2O/c25-22(12-15-23-13-6-7-14-23)20-17-24(16-18-8-2-1-3-9-18)21-11-5-4-10-19(20)21/h1-5,8-12,15,17H,6-7,13-14,16H2/b15-12+. The van der Waals surface area contributed by atoms with Crippen LogP contribution in [-0.4, -0.2) is 28.3 Å². The molecule has 0 saturated carbocycles. The average Bonchev–Trinajstić information content (AvgIpc) is 3.29. The number of para-hydroxylation sites is 1. The lowest BCUT2D eigenvalue weighted by atomic mass is 10.1. The van der Waals surface area contributed by atoms with Crippen LogP contribution in [0, 0.1) is 0 Å². The van der Waals surface area contributed by atoms with Crippen molar-refractivity contribution in [2.45, 2.75) is 19.4 Å². The van der Waals surface area contributed by atoms with E-state index in [-0.39, 0.29) is 5.78 Å². The first-order valence-corrected chi connectivity index (χ1v) is 8.90. The molecule has 126 valence electrons. The van der Waals surface area contributed by atoms with Gasteiger partial charge in [0.2, 0.25) is 0 Å². The smallest absolute Gasteiger partial charge is 0.189 e. The highest BCUT2D eigenvalue weighted by Gasteiger charge is 2.14. The Labute approximate surface area is 148 Å². The third-order valence-corrected chi connectivity index (χ3v) is 4.83. The number of ketones is 1. The molecule has 1 fully saturated rings. The average molecular weight is 330 g/mol. The highest BCUT2D eigenvalue weighted by Crippen LogP contribution is 2.23. The number of benzene rings is 2. The fourth-order valence-corrected chi connectivity index (χ4v) is 3.51. The zero-order valence-corrected chi connectivity index (χ0v) is 14.3. The van der Waals surface area contributed by atoms with Gasteiger partial charge in [0, 0.05) is 54.6 Å². The monoisotopic (exact) mass is 330 g/mol. The van der Waals surface area contributed by atoms with Gasteiger partial charge in [0.15, 0.2) is 5.78 Å². The van der Waals surface area contributed by atoms with Crippen LogP contribution in [0.15, 0.2) is 73.1 Å². The van der Waals surface area contributed by atoms with E-state index in [0.29, 0.717) is 0 Å². The number of fused-ring (bicyclic) bond motifs is 1. The lowest BCUT2D eigenvalue weighted by molar-refractivity contribution is 0.104. The molecular formula is C22H22N2O. The maximum absolute atomic E-state index is 12.8. The molecule has 2 aromatic carbocycles. The molecule has 0 spiro atoms. The quantitative estimate of drug-likeness (QED) is 0.509. The number of hydrogen-bond donors (Lipinski definition) is 0. The molecule has 3 nitrogen and oxygen atoms in total. The molecule has 4 rings (SSSR count). The Bertz CT molecular complexity index is 902. The molecule has 0 bridgehead atoms. The molecule has 1 saturated heterocycles. The lowest BCUT2D eigenvalue weighted by Crippen LogP contribution is -2.11. The van der Waals surface area contributed by atoms with Crippen molar-refractivity contribution in [3.05, 3.63) is 84.2 Å². The summed E-state index contributed by atoms with van der Waals surface area (Å²) >= 11 is 0. The Hall–Kier alpha value is -2.81. The third-order valence-electron chi connectivity index (χ3n) is 4.83. The van der Waals surface area contributed by atoms with Crippen molar-refractivity contribution in [1.29, 1.82) is 0 Å². The minimum atomic E-state index is 0.0786. The first kappa shape index (κ1) is 15.7. The molecule has 0 atom stereocenters. The second kappa shape index (κ2) is 6.98. The Morgan fingerprint density at radius 3 is 2.48 bits per heavy atom. The highest BCUT2D eigenvalue weighted by atomic mass is 16.1. The van der Waals surface area contributed by atoms with Crippen LogP contribution >= 0.6 is 0 Å². The summed E-state index contributed by atoms with van der Waals surface area (Å²) in [6.45, 7) is 2.88. The second-order valence-corrected chi connectivity index (χ2v) is 6.60. The molecule has 1 aromatic heterocycles. The molecule has 1 aliphatic rings. The van der Waals surface area contributed by atoms with Gasteiger partial charge in [-0.1, -0.05) is 48.5 Å². The minimum absolute atomic E-state index is 0.0786. The van der Waals surface area contributed by atoms with E-state index < -0.39 is 0 Å². The van der Waals surface area contributed by atoms with Crippen molar-refractivity contribution in [2.24, 2.45) is 0 Å². The fraction of sp³-hybridized carbons (Fsp3) is 0.227. The number of carbonyl (C=O) groups excluding carboxylic acids is 1. The van der Waals surface area contributed by atoms with E-state index in [9.17, 15) is 4.79 Å².